The zero-order valence-corrected chi connectivity index (χ0v) is 20.6. The van der Waals surface area contributed by atoms with Crippen LogP contribution < -0.4 is 5.32 Å². The predicted molar refractivity (Wildman–Crippen MR) is 128 cm³/mol. The van der Waals surface area contributed by atoms with E-state index in [0.717, 1.165) is 24.2 Å². The van der Waals surface area contributed by atoms with Crippen molar-refractivity contribution in [3.8, 4) is 0 Å². The molecule has 2 saturated heterocycles. The van der Waals surface area contributed by atoms with Crippen molar-refractivity contribution in [3.05, 3.63) is 51.7 Å². The van der Waals surface area contributed by atoms with Crippen LogP contribution >= 0.6 is 11.3 Å². The van der Waals surface area contributed by atoms with Crippen molar-refractivity contribution in [2.24, 2.45) is 5.92 Å². The summed E-state index contributed by atoms with van der Waals surface area (Å²) >= 11 is 1.74. The molecule has 8 heteroatoms. The highest BCUT2D eigenvalue weighted by molar-refractivity contribution is 7.89. The van der Waals surface area contributed by atoms with Crippen molar-refractivity contribution >= 4 is 27.3 Å². The van der Waals surface area contributed by atoms with Crippen molar-refractivity contribution in [1.29, 1.82) is 0 Å². The Hall–Kier alpha value is -1.74. The average Bonchev–Trinajstić information content (AvgIpc) is 3.49. The van der Waals surface area contributed by atoms with Gasteiger partial charge in [0, 0.05) is 30.4 Å². The smallest absolute Gasteiger partial charge is 0.243 e. The summed E-state index contributed by atoms with van der Waals surface area (Å²) in [6, 6.07) is 9.88. The van der Waals surface area contributed by atoms with E-state index in [1.807, 2.05) is 26.0 Å². The summed E-state index contributed by atoms with van der Waals surface area (Å²) in [6.45, 7) is 7.33. The van der Waals surface area contributed by atoms with E-state index in [2.05, 4.69) is 27.7 Å². The lowest BCUT2D eigenvalue weighted by molar-refractivity contribution is -0.126. The summed E-state index contributed by atoms with van der Waals surface area (Å²) in [6.07, 6.45) is 3.54. The van der Waals surface area contributed by atoms with E-state index in [0.29, 0.717) is 37.4 Å². The van der Waals surface area contributed by atoms with Gasteiger partial charge in [-0.2, -0.15) is 4.31 Å². The molecule has 1 N–H and O–H groups in total. The highest BCUT2D eigenvalue weighted by Gasteiger charge is 2.33. The second-order valence-corrected chi connectivity index (χ2v) is 11.9. The van der Waals surface area contributed by atoms with Gasteiger partial charge >= 0.3 is 0 Å². The van der Waals surface area contributed by atoms with E-state index in [-0.39, 0.29) is 17.9 Å². The van der Waals surface area contributed by atoms with Crippen molar-refractivity contribution in [1.82, 2.24) is 14.5 Å². The fraction of sp³-hybridized carbons (Fsp3) is 0.542. The molecule has 2 aliphatic rings. The number of likely N-dealkylation sites (tertiary alicyclic amines) is 1. The van der Waals surface area contributed by atoms with Gasteiger partial charge in [0.25, 0.3) is 0 Å². The van der Waals surface area contributed by atoms with Gasteiger partial charge in [-0.05, 0) is 75.7 Å². The topological polar surface area (TPSA) is 69.7 Å². The molecular formula is C24H33N3O3S2. The fourth-order valence-electron chi connectivity index (χ4n) is 4.87. The molecule has 32 heavy (non-hydrogen) atoms. The SMILES string of the molecule is Cc1ccc(S(=O)(=O)N2CCC(C(=O)NCC(c3cccs3)N3CCCC3)CC2)c(C)c1. The van der Waals surface area contributed by atoms with Gasteiger partial charge < -0.3 is 5.32 Å². The highest BCUT2D eigenvalue weighted by atomic mass is 32.2. The van der Waals surface area contributed by atoms with Crippen LogP contribution in [0.3, 0.4) is 0 Å². The molecular weight excluding hydrogens is 442 g/mol. The number of nitrogens with zero attached hydrogens (tertiary/aromatic N) is 2. The molecule has 0 radical (unpaired) electrons. The number of hydrogen-bond acceptors (Lipinski definition) is 5. The Morgan fingerprint density at radius 2 is 1.84 bits per heavy atom. The van der Waals surface area contributed by atoms with Crippen molar-refractivity contribution in [2.75, 3.05) is 32.7 Å². The summed E-state index contributed by atoms with van der Waals surface area (Å²) < 4.78 is 27.8. The molecule has 174 valence electrons. The summed E-state index contributed by atoms with van der Waals surface area (Å²) in [5.74, 6) is -0.0857. The number of rotatable bonds is 7. The van der Waals surface area contributed by atoms with E-state index in [9.17, 15) is 13.2 Å². The van der Waals surface area contributed by atoms with Crippen molar-refractivity contribution in [2.45, 2.75) is 50.5 Å². The maximum Gasteiger partial charge on any atom is 0.243 e. The van der Waals surface area contributed by atoms with Crippen molar-refractivity contribution in [3.63, 3.8) is 0 Å². The molecule has 1 aromatic carbocycles. The van der Waals surface area contributed by atoms with Crippen LogP contribution in [0, 0.1) is 19.8 Å². The van der Waals surface area contributed by atoms with Crippen LogP contribution in [0.4, 0.5) is 0 Å². The summed E-state index contributed by atoms with van der Waals surface area (Å²) in [5.41, 5.74) is 1.82. The molecule has 2 fully saturated rings. The predicted octanol–water partition coefficient (Wildman–Crippen LogP) is 3.72. The van der Waals surface area contributed by atoms with Gasteiger partial charge in [0.05, 0.1) is 10.9 Å². The molecule has 0 aliphatic carbocycles. The molecule has 0 spiro atoms. The van der Waals surface area contributed by atoms with Crippen LogP contribution in [0.5, 0.6) is 0 Å². The number of benzene rings is 1. The normalized spacial score (nSPS) is 19.8. The second-order valence-electron chi connectivity index (χ2n) is 8.97. The van der Waals surface area contributed by atoms with Crippen LogP contribution in [0.25, 0.3) is 0 Å². The Morgan fingerprint density at radius 3 is 2.47 bits per heavy atom. The molecule has 2 aromatic rings. The molecule has 1 atom stereocenters. The third-order valence-electron chi connectivity index (χ3n) is 6.70. The Kier molecular flexibility index (Phi) is 7.34. The minimum atomic E-state index is -3.53. The Labute approximate surface area is 195 Å². The standard InChI is InChI=1S/C24H33N3O3S2/c1-18-7-8-23(19(2)16-18)32(29,30)27-13-9-20(10-14-27)24(28)25-17-21(22-6-5-15-31-22)26-11-3-4-12-26/h5-8,15-16,20-21H,3-4,9-14,17H2,1-2H3,(H,25,28). The zero-order valence-electron chi connectivity index (χ0n) is 18.9. The molecule has 1 unspecified atom stereocenters. The lowest BCUT2D eigenvalue weighted by Crippen LogP contribution is -2.44. The molecule has 2 aliphatic heterocycles. The number of piperidine rings is 1. The molecule has 0 saturated carbocycles. The van der Waals surface area contributed by atoms with E-state index in [1.165, 1.54) is 22.0 Å². The van der Waals surface area contributed by atoms with Crippen LogP contribution in [-0.4, -0.2) is 56.3 Å². The number of thiophene rings is 1. The third-order valence-corrected chi connectivity index (χ3v) is 9.73. The van der Waals surface area contributed by atoms with Gasteiger partial charge in [-0.15, -0.1) is 11.3 Å². The Bertz CT molecular complexity index is 1020. The van der Waals surface area contributed by atoms with E-state index in [1.54, 1.807) is 17.4 Å². The van der Waals surface area contributed by atoms with Gasteiger partial charge in [-0.25, -0.2) is 8.42 Å². The van der Waals surface area contributed by atoms with Crippen LogP contribution in [-0.2, 0) is 14.8 Å². The summed E-state index contributed by atoms with van der Waals surface area (Å²) in [7, 11) is -3.53. The first-order valence-corrected chi connectivity index (χ1v) is 13.8. The first kappa shape index (κ1) is 23.4. The highest BCUT2D eigenvalue weighted by Crippen LogP contribution is 2.29. The third kappa shape index (κ3) is 5.09. The van der Waals surface area contributed by atoms with Gasteiger partial charge in [-0.3, -0.25) is 9.69 Å². The maximum absolute atomic E-state index is 13.1. The monoisotopic (exact) mass is 475 g/mol. The zero-order chi connectivity index (χ0) is 22.7. The van der Waals surface area contributed by atoms with Gasteiger partial charge in [0.1, 0.15) is 0 Å². The number of amides is 1. The minimum absolute atomic E-state index is 0.0503. The largest absolute Gasteiger partial charge is 0.354 e. The minimum Gasteiger partial charge on any atom is -0.354 e. The first-order chi connectivity index (χ1) is 15.4. The van der Waals surface area contributed by atoms with Gasteiger partial charge in [0.15, 0.2) is 0 Å². The van der Waals surface area contributed by atoms with Gasteiger partial charge in [0.2, 0.25) is 15.9 Å². The molecule has 1 amide bonds. The van der Waals surface area contributed by atoms with Crippen LogP contribution in [0.1, 0.15) is 47.7 Å². The van der Waals surface area contributed by atoms with E-state index in [4.69, 9.17) is 0 Å². The Morgan fingerprint density at radius 1 is 1.12 bits per heavy atom. The van der Waals surface area contributed by atoms with Crippen LogP contribution in [0.15, 0.2) is 40.6 Å². The average molecular weight is 476 g/mol. The molecule has 6 nitrogen and oxygen atoms in total. The first-order valence-electron chi connectivity index (χ1n) is 11.5. The lowest BCUT2D eigenvalue weighted by atomic mass is 9.97. The maximum atomic E-state index is 13.1. The van der Waals surface area contributed by atoms with Crippen LogP contribution in [0.2, 0.25) is 0 Å². The Balaban J connectivity index is 1.34. The number of sulfonamides is 1. The number of carbonyl (C=O) groups excluding carboxylic acids is 1. The fourth-order valence-corrected chi connectivity index (χ4v) is 7.41. The molecule has 1 aromatic heterocycles. The van der Waals surface area contributed by atoms with E-state index < -0.39 is 10.0 Å². The number of aryl methyl sites for hydroxylation is 2. The number of hydrogen-bond donors (Lipinski definition) is 1. The molecule has 3 heterocycles. The number of carbonyl (C=O) groups is 1. The van der Waals surface area contributed by atoms with Gasteiger partial charge in [-0.1, -0.05) is 23.8 Å². The van der Waals surface area contributed by atoms with E-state index >= 15 is 0 Å². The summed E-state index contributed by atoms with van der Waals surface area (Å²) in [5, 5.41) is 5.27. The van der Waals surface area contributed by atoms with Crippen molar-refractivity contribution < 1.29 is 13.2 Å². The lowest BCUT2D eigenvalue weighted by Gasteiger charge is -2.32. The molecule has 0 bridgehead atoms. The summed E-state index contributed by atoms with van der Waals surface area (Å²) in [4.78, 5) is 17.0. The number of nitrogens with one attached hydrogen (secondary N) is 1. The molecule has 4 rings (SSSR count). The quantitative estimate of drug-likeness (QED) is 0.663. The second kappa shape index (κ2) is 10.0.